The molecule has 0 aliphatic heterocycles. The largest absolute Gasteiger partial charge is 0.444 e. The van der Waals surface area contributed by atoms with Crippen LogP contribution in [-0.2, 0) is 25.9 Å². The Balaban J connectivity index is 4.72. The number of ether oxygens (including phenoxy) is 1. The number of carbonyl (C=O) groups excluding carboxylic acids is 2. The first-order chi connectivity index (χ1) is 8.32. The van der Waals surface area contributed by atoms with E-state index in [1.807, 2.05) is 0 Å². The van der Waals surface area contributed by atoms with Gasteiger partial charge in [0.1, 0.15) is 11.6 Å². The van der Waals surface area contributed by atoms with Crippen LogP contribution < -0.4 is 11.1 Å². The molecule has 0 aromatic heterocycles. The van der Waals surface area contributed by atoms with Crippen LogP contribution in [0.25, 0.3) is 0 Å². The van der Waals surface area contributed by atoms with Gasteiger partial charge < -0.3 is 30.1 Å². The minimum absolute atomic E-state index is 0.751. The molecule has 0 aliphatic rings. The third-order valence-electron chi connectivity index (χ3n) is 1.75. The van der Waals surface area contributed by atoms with Crippen molar-refractivity contribution in [3.8, 4) is 0 Å². The van der Waals surface area contributed by atoms with Crippen molar-refractivity contribution in [1.29, 1.82) is 0 Å². The molecule has 19 heavy (non-hydrogen) atoms. The fraction of sp³-hybridized carbons (Fsp3) is 0.778. The van der Waals surface area contributed by atoms with E-state index in [-0.39, 0.29) is 0 Å². The first-order valence-electron chi connectivity index (χ1n) is 5.34. The summed E-state index contributed by atoms with van der Waals surface area (Å²) in [5.74, 6) is -0.915. The summed E-state index contributed by atoms with van der Waals surface area (Å²) in [5.41, 5.74) is 4.34. The Morgan fingerprint density at radius 3 is 2.16 bits per heavy atom. The maximum Gasteiger partial charge on any atom is 0.408 e. The monoisotopic (exact) mass is 314 g/mol. The Kier molecular flexibility index (Phi) is 6.37. The predicted molar refractivity (Wildman–Crippen MR) is 71.6 cm³/mol. The highest BCUT2D eigenvalue weighted by Crippen LogP contribution is 2.38. The Hall–Kier alpha value is -0.730. The van der Waals surface area contributed by atoms with Crippen LogP contribution in [0, 0.1) is 0 Å². The van der Waals surface area contributed by atoms with Crippen molar-refractivity contribution in [2.75, 3.05) is 0 Å². The summed E-state index contributed by atoms with van der Waals surface area (Å²) in [6.07, 6.45) is -1.98. The lowest BCUT2D eigenvalue weighted by molar-refractivity contribution is -0.122. The zero-order valence-electron chi connectivity index (χ0n) is 11.1. The molecule has 0 saturated carbocycles. The van der Waals surface area contributed by atoms with E-state index in [1.165, 1.54) is 6.92 Å². The van der Waals surface area contributed by atoms with Gasteiger partial charge in [0.05, 0.1) is 6.10 Å². The molecule has 0 aromatic rings. The van der Waals surface area contributed by atoms with Gasteiger partial charge in [0, 0.05) is 0 Å². The van der Waals surface area contributed by atoms with Gasteiger partial charge in [-0.25, -0.2) is 4.79 Å². The zero-order chi connectivity index (χ0) is 15.4. The van der Waals surface area contributed by atoms with Crippen LogP contribution in [0.5, 0.6) is 0 Å². The van der Waals surface area contributed by atoms with E-state index in [0.29, 0.717) is 0 Å². The summed E-state index contributed by atoms with van der Waals surface area (Å²) in [7, 11) is 0. The van der Waals surface area contributed by atoms with Gasteiger partial charge in [-0.05, 0) is 39.5 Å². The molecule has 0 spiro atoms. The highest BCUT2D eigenvalue weighted by atomic mass is 32.5. The number of rotatable bonds is 5. The Labute approximate surface area is 116 Å². The zero-order valence-corrected chi connectivity index (χ0v) is 12.8. The maximum atomic E-state index is 11.5. The number of hydrogen-bond acceptors (Lipinski definition) is 5. The molecule has 0 bridgehead atoms. The van der Waals surface area contributed by atoms with E-state index in [2.05, 4.69) is 21.6 Å². The first-order valence-corrected chi connectivity index (χ1v) is 7.97. The average Bonchev–Trinajstić information content (AvgIpc) is 2.07. The van der Waals surface area contributed by atoms with Crippen LogP contribution in [0.3, 0.4) is 0 Å². The molecule has 0 radical (unpaired) electrons. The van der Waals surface area contributed by atoms with Gasteiger partial charge in [0.25, 0.3) is 0 Å². The summed E-state index contributed by atoms with van der Waals surface area (Å²) in [6, 6.07) is -1.29. The molecule has 8 nitrogen and oxygen atoms in total. The smallest absolute Gasteiger partial charge is 0.408 e. The van der Waals surface area contributed by atoms with E-state index >= 15 is 0 Å². The van der Waals surface area contributed by atoms with E-state index in [4.69, 9.17) is 20.3 Å². The minimum Gasteiger partial charge on any atom is -0.444 e. The molecule has 2 unspecified atom stereocenters. The standard InChI is InChI=1S/C9H19N2O6PS/c1-5(17-18(14,15)19)6(7(10)12)11-8(13)16-9(2,3)4/h5-6H,1-4H3,(H2,10,12)(H,11,13)(H2,14,15,19). The molecule has 0 saturated heterocycles. The first kappa shape index (κ1) is 18.3. The fourth-order valence-corrected chi connectivity index (χ4v) is 2.09. The van der Waals surface area contributed by atoms with E-state index in [1.54, 1.807) is 20.8 Å². The molecule has 0 aromatic carbocycles. The van der Waals surface area contributed by atoms with Gasteiger partial charge in [0.2, 0.25) is 5.91 Å². The number of nitrogens with two attached hydrogens (primary N) is 1. The number of amides is 2. The summed E-state index contributed by atoms with van der Waals surface area (Å²) in [4.78, 5) is 40.7. The lowest BCUT2D eigenvalue weighted by Crippen LogP contribution is -2.52. The maximum absolute atomic E-state index is 11.5. The van der Waals surface area contributed by atoms with Gasteiger partial charge in [-0.2, -0.15) is 0 Å². The van der Waals surface area contributed by atoms with Crippen LogP contribution in [0.2, 0.25) is 0 Å². The van der Waals surface area contributed by atoms with Gasteiger partial charge in [-0.1, -0.05) is 0 Å². The lowest BCUT2D eigenvalue weighted by atomic mass is 10.2. The second-order valence-corrected chi connectivity index (χ2v) is 7.45. The number of hydrogen-bond donors (Lipinski definition) is 4. The van der Waals surface area contributed by atoms with Gasteiger partial charge >= 0.3 is 12.8 Å². The van der Waals surface area contributed by atoms with E-state index in [9.17, 15) is 9.59 Å². The molecule has 2 amide bonds. The highest BCUT2D eigenvalue weighted by Gasteiger charge is 2.30. The molecule has 2 atom stereocenters. The van der Waals surface area contributed by atoms with Crippen molar-refractivity contribution in [2.45, 2.75) is 45.4 Å². The van der Waals surface area contributed by atoms with Crippen molar-refractivity contribution in [3.63, 3.8) is 0 Å². The minimum atomic E-state index is -3.97. The summed E-state index contributed by atoms with van der Waals surface area (Å²) in [6.45, 7) is 2.29. The number of primary amides is 1. The quantitative estimate of drug-likeness (QED) is 0.524. The average molecular weight is 314 g/mol. The summed E-state index contributed by atoms with van der Waals surface area (Å²) in [5, 5.41) is 2.18. The Morgan fingerprint density at radius 2 is 1.84 bits per heavy atom. The third-order valence-corrected chi connectivity index (χ3v) is 2.62. The summed E-state index contributed by atoms with van der Waals surface area (Å²) >= 11 is 4.27. The highest BCUT2D eigenvalue weighted by molar-refractivity contribution is 8.06. The van der Waals surface area contributed by atoms with Crippen molar-refractivity contribution < 1.29 is 28.6 Å². The molecular weight excluding hydrogens is 295 g/mol. The van der Waals surface area contributed by atoms with Crippen molar-refractivity contribution in [3.05, 3.63) is 0 Å². The summed E-state index contributed by atoms with van der Waals surface area (Å²) < 4.78 is 9.60. The second kappa shape index (κ2) is 6.62. The molecular formula is C9H19N2O6PS. The van der Waals surface area contributed by atoms with E-state index < -0.39 is 36.5 Å². The molecule has 0 heterocycles. The third kappa shape index (κ3) is 8.90. The Morgan fingerprint density at radius 1 is 1.37 bits per heavy atom. The molecule has 10 heteroatoms. The van der Waals surface area contributed by atoms with Crippen LogP contribution >= 0.6 is 6.72 Å². The SMILES string of the molecule is CC(OP(O)(O)=S)C(NC(=O)OC(C)(C)C)C(N)=O. The van der Waals surface area contributed by atoms with Crippen LogP contribution in [0.1, 0.15) is 27.7 Å². The molecule has 0 aliphatic carbocycles. The molecule has 0 fully saturated rings. The molecule has 5 N–H and O–H groups in total. The van der Waals surface area contributed by atoms with Crippen LogP contribution in [0.15, 0.2) is 0 Å². The normalized spacial score (nSPS) is 15.5. The van der Waals surface area contributed by atoms with Crippen LogP contribution in [-0.4, -0.2) is 39.5 Å². The topological polar surface area (TPSA) is 131 Å². The van der Waals surface area contributed by atoms with E-state index in [0.717, 1.165) is 0 Å². The van der Waals surface area contributed by atoms with Gasteiger partial charge in [-0.15, -0.1) is 0 Å². The van der Waals surface area contributed by atoms with Gasteiger partial charge in [-0.3, -0.25) is 4.79 Å². The molecule has 112 valence electrons. The van der Waals surface area contributed by atoms with Gasteiger partial charge in [0.15, 0.2) is 0 Å². The second-order valence-electron chi connectivity index (χ2n) is 4.83. The number of carbonyl (C=O) groups is 2. The van der Waals surface area contributed by atoms with Crippen molar-refractivity contribution >= 4 is 30.5 Å². The van der Waals surface area contributed by atoms with Crippen molar-refractivity contribution in [2.24, 2.45) is 5.73 Å². The number of alkyl carbamates (subject to hydrolysis) is 1. The number of nitrogens with one attached hydrogen (secondary N) is 1. The lowest BCUT2D eigenvalue weighted by Gasteiger charge is -2.26. The van der Waals surface area contributed by atoms with Crippen LogP contribution in [0.4, 0.5) is 4.79 Å². The Bertz CT molecular complexity index is 391. The van der Waals surface area contributed by atoms with Crippen molar-refractivity contribution in [1.82, 2.24) is 5.32 Å². The predicted octanol–water partition coefficient (Wildman–Crippen LogP) is -0.0208. The fourth-order valence-electron chi connectivity index (χ4n) is 1.13. The molecule has 0 rings (SSSR count).